The van der Waals surface area contributed by atoms with Gasteiger partial charge in [0.15, 0.2) is 0 Å². The summed E-state index contributed by atoms with van der Waals surface area (Å²) in [6.45, 7) is 3.18. The van der Waals surface area contributed by atoms with E-state index in [2.05, 4.69) is 9.88 Å². The lowest BCUT2D eigenvalue weighted by molar-refractivity contribution is -0.389. The molecule has 7 nitrogen and oxygen atoms in total. The molecule has 0 N–H and O–H groups in total. The smallest absolute Gasteiger partial charge is 0.415 e. The van der Waals surface area contributed by atoms with Crippen LogP contribution in [0.15, 0.2) is 36.5 Å². The summed E-state index contributed by atoms with van der Waals surface area (Å²) in [5.74, 6) is -0.177. The summed E-state index contributed by atoms with van der Waals surface area (Å²) in [6, 6.07) is 10.3. The third-order valence-electron chi connectivity index (χ3n) is 3.53. The normalized spacial score (nSPS) is 19.9. The fourth-order valence-electron chi connectivity index (χ4n) is 2.64. The number of nitro groups is 1. The Morgan fingerprint density at radius 3 is 2.81 bits per heavy atom. The van der Waals surface area contributed by atoms with Gasteiger partial charge < -0.3 is 19.8 Å². The third kappa shape index (κ3) is 2.54. The molecule has 7 heteroatoms. The molecular weight excluding hydrogens is 272 g/mol. The molecule has 1 aromatic carbocycles. The van der Waals surface area contributed by atoms with Gasteiger partial charge in [-0.3, -0.25) is 4.57 Å². The molecule has 0 fully saturated rings. The van der Waals surface area contributed by atoms with Crippen molar-refractivity contribution < 1.29 is 9.66 Å². The van der Waals surface area contributed by atoms with Gasteiger partial charge in [0.25, 0.3) is 0 Å². The summed E-state index contributed by atoms with van der Waals surface area (Å²) in [4.78, 5) is 16.2. The van der Waals surface area contributed by atoms with Crippen LogP contribution in [0.1, 0.15) is 6.92 Å². The Kier molecular flexibility index (Phi) is 3.04. The number of para-hydroxylation sites is 1. The summed E-state index contributed by atoms with van der Waals surface area (Å²) in [5, 5.41) is 10.7. The largest absolute Gasteiger partial charge is 0.436 e. The number of rotatable bonds is 4. The number of fused-ring (bicyclic) bond motifs is 1. The number of imidazole rings is 1. The Morgan fingerprint density at radius 2 is 2.19 bits per heavy atom. The monoisotopic (exact) mass is 288 g/mol. The summed E-state index contributed by atoms with van der Waals surface area (Å²) in [5.41, 5.74) is 0.639. The maximum absolute atomic E-state index is 10.7. The number of hydrogen-bond acceptors (Lipinski definition) is 5. The van der Waals surface area contributed by atoms with Gasteiger partial charge in [-0.05, 0) is 24.0 Å². The van der Waals surface area contributed by atoms with E-state index in [1.807, 2.05) is 44.3 Å². The summed E-state index contributed by atoms with van der Waals surface area (Å²) in [6.07, 6.45) is 1.42. The Bertz CT molecular complexity index is 645. The first-order valence-electron chi connectivity index (χ1n) is 6.64. The third-order valence-corrected chi connectivity index (χ3v) is 3.53. The number of nitrogens with zero attached hydrogens (tertiary/aromatic N) is 4. The van der Waals surface area contributed by atoms with Gasteiger partial charge in [-0.25, -0.2) is 0 Å². The van der Waals surface area contributed by atoms with Crippen LogP contribution in [0.4, 0.5) is 11.5 Å². The van der Waals surface area contributed by atoms with Gasteiger partial charge >= 0.3 is 11.8 Å². The lowest BCUT2D eigenvalue weighted by Crippen LogP contribution is -2.43. The molecule has 0 spiro atoms. The van der Waals surface area contributed by atoms with Gasteiger partial charge in [0.1, 0.15) is 11.8 Å². The molecule has 0 aliphatic carbocycles. The highest BCUT2D eigenvalue weighted by Crippen LogP contribution is 2.32. The van der Waals surface area contributed by atoms with Crippen molar-refractivity contribution in [2.24, 2.45) is 0 Å². The van der Waals surface area contributed by atoms with E-state index in [9.17, 15) is 10.1 Å². The van der Waals surface area contributed by atoms with Crippen molar-refractivity contribution in [2.75, 3.05) is 18.5 Å². The fourth-order valence-corrected chi connectivity index (χ4v) is 2.64. The lowest BCUT2D eigenvalue weighted by Gasteiger charge is -2.29. The van der Waals surface area contributed by atoms with Crippen molar-refractivity contribution >= 4 is 11.5 Å². The van der Waals surface area contributed by atoms with Gasteiger partial charge in [-0.2, -0.15) is 0 Å². The molecule has 1 aliphatic heterocycles. The van der Waals surface area contributed by atoms with Crippen molar-refractivity contribution in [3.8, 4) is 6.01 Å². The van der Waals surface area contributed by atoms with Crippen LogP contribution in [0.3, 0.4) is 0 Å². The van der Waals surface area contributed by atoms with Crippen LogP contribution >= 0.6 is 0 Å². The zero-order chi connectivity index (χ0) is 15.0. The van der Waals surface area contributed by atoms with Crippen molar-refractivity contribution in [3.63, 3.8) is 0 Å². The fraction of sp³-hybridized carbons (Fsp3) is 0.357. The SMILES string of the molecule is CN(C[C@@]1(C)Cn2cc([N+](=O)[O-])nc2O1)c1ccccc1. The van der Waals surface area contributed by atoms with E-state index in [1.165, 1.54) is 6.20 Å². The van der Waals surface area contributed by atoms with Gasteiger partial charge in [0, 0.05) is 17.7 Å². The molecule has 1 atom stereocenters. The number of anilines is 1. The van der Waals surface area contributed by atoms with E-state index in [4.69, 9.17) is 4.74 Å². The number of hydrogen-bond donors (Lipinski definition) is 0. The molecule has 21 heavy (non-hydrogen) atoms. The first kappa shape index (κ1) is 13.4. The standard InChI is InChI=1S/C14H16N4O3/c1-14(9-16(2)11-6-4-3-5-7-11)10-17-8-12(18(19)20)15-13(17)21-14/h3-8H,9-10H2,1-2H3/t14-/m0/s1. The van der Waals surface area contributed by atoms with Gasteiger partial charge in [0.2, 0.25) is 0 Å². The summed E-state index contributed by atoms with van der Waals surface area (Å²) < 4.78 is 7.51. The Balaban J connectivity index is 1.72. The first-order valence-corrected chi connectivity index (χ1v) is 6.64. The van der Waals surface area contributed by atoms with Crippen LogP contribution in [-0.2, 0) is 6.54 Å². The molecule has 0 bridgehead atoms. The molecule has 1 aromatic heterocycles. The molecule has 2 heterocycles. The molecule has 0 saturated heterocycles. The number of ether oxygens (including phenoxy) is 1. The van der Waals surface area contributed by atoms with Crippen LogP contribution in [0.25, 0.3) is 0 Å². The minimum absolute atomic E-state index is 0.177. The van der Waals surface area contributed by atoms with Crippen molar-refractivity contribution in [2.45, 2.75) is 19.1 Å². The van der Waals surface area contributed by atoms with E-state index >= 15 is 0 Å². The molecule has 0 saturated carbocycles. The molecule has 1 aliphatic rings. The highest BCUT2D eigenvalue weighted by Gasteiger charge is 2.41. The van der Waals surface area contributed by atoms with Crippen molar-refractivity contribution in [3.05, 3.63) is 46.6 Å². The van der Waals surface area contributed by atoms with E-state index in [0.29, 0.717) is 19.1 Å². The highest BCUT2D eigenvalue weighted by atomic mass is 16.6. The van der Waals surface area contributed by atoms with E-state index in [0.717, 1.165) is 5.69 Å². The molecule has 0 amide bonds. The minimum atomic E-state index is -0.512. The topological polar surface area (TPSA) is 73.4 Å². The number of benzene rings is 1. The number of aromatic nitrogens is 2. The summed E-state index contributed by atoms with van der Waals surface area (Å²) in [7, 11) is 1.99. The summed E-state index contributed by atoms with van der Waals surface area (Å²) >= 11 is 0. The predicted octanol–water partition coefficient (Wildman–Crippen LogP) is 2.08. The highest BCUT2D eigenvalue weighted by molar-refractivity contribution is 5.45. The van der Waals surface area contributed by atoms with Crippen LogP contribution in [0.2, 0.25) is 0 Å². The average Bonchev–Trinajstić information content (AvgIpc) is 2.94. The van der Waals surface area contributed by atoms with Crippen molar-refractivity contribution in [1.29, 1.82) is 0 Å². The second-order valence-electron chi connectivity index (χ2n) is 5.51. The van der Waals surface area contributed by atoms with Gasteiger partial charge in [0.05, 0.1) is 13.1 Å². The lowest BCUT2D eigenvalue weighted by atomic mass is 10.1. The van der Waals surface area contributed by atoms with E-state index < -0.39 is 10.5 Å². The molecule has 110 valence electrons. The Morgan fingerprint density at radius 1 is 1.48 bits per heavy atom. The van der Waals surface area contributed by atoms with Gasteiger partial charge in [-0.1, -0.05) is 18.2 Å². The second kappa shape index (κ2) is 4.76. The zero-order valence-corrected chi connectivity index (χ0v) is 11.9. The minimum Gasteiger partial charge on any atom is -0.436 e. The van der Waals surface area contributed by atoms with Crippen LogP contribution < -0.4 is 9.64 Å². The van der Waals surface area contributed by atoms with Gasteiger partial charge in [-0.15, -0.1) is 0 Å². The first-order chi connectivity index (χ1) is 9.97. The van der Waals surface area contributed by atoms with E-state index in [1.54, 1.807) is 4.57 Å². The van der Waals surface area contributed by atoms with Crippen LogP contribution in [0, 0.1) is 10.1 Å². The molecular formula is C14H16N4O3. The Hall–Kier alpha value is -2.57. The van der Waals surface area contributed by atoms with Crippen LogP contribution in [-0.4, -0.2) is 33.7 Å². The number of likely N-dealkylation sites (N-methyl/N-ethyl adjacent to an activating group) is 1. The average molecular weight is 288 g/mol. The molecule has 0 radical (unpaired) electrons. The van der Waals surface area contributed by atoms with Crippen LogP contribution in [0.5, 0.6) is 6.01 Å². The second-order valence-corrected chi connectivity index (χ2v) is 5.51. The zero-order valence-electron chi connectivity index (χ0n) is 11.9. The molecule has 3 rings (SSSR count). The molecule has 2 aromatic rings. The quantitative estimate of drug-likeness (QED) is 0.636. The molecule has 0 unspecified atom stereocenters. The van der Waals surface area contributed by atoms with Crippen molar-refractivity contribution in [1.82, 2.24) is 9.55 Å². The van der Waals surface area contributed by atoms with E-state index in [-0.39, 0.29) is 5.82 Å². The maximum atomic E-state index is 10.7. The predicted molar refractivity (Wildman–Crippen MR) is 77.6 cm³/mol. The Labute approximate surface area is 121 Å². The maximum Gasteiger partial charge on any atom is 0.415 e.